The summed E-state index contributed by atoms with van der Waals surface area (Å²) < 4.78 is 45.2. The van der Waals surface area contributed by atoms with E-state index < -0.39 is 45.8 Å². The van der Waals surface area contributed by atoms with Crippen molar-refractivity contribution in [3.63, 3.8) is 0 Å². The molecule has 0 unspecified atom stereocenters. The molecule has 0 aliphatic carbocycles. The number of esters is 2. The Kier molecular flexibility index (Phi) is 13.7. The molecule has 42 heavy (non-hydrogen) atoms. The van der Waals surface area contributed by atoms with Crippen molar-refractivity contribution in [1.29, 1.82) is 0 Å². The Morgan fingerprint density at radius 2 is 1.62 bits per heavy atom. The first-order valence-corrected chi connectivity index (χ1v) is 15.5. The molecular formula is C28H43N3O10S. The Morgan fingerprint density at radius 1 is 1.00 bits per heavy atom. The van der Waals surface area contributed by atoms with Crippen molar-refractivity contribution in [2.45, 2.75) is 91.3 Å². The summed E-state index contributed by atoms with van der Waals surface area (Å²) in [7, 11) is -4.57. The largest absolute Gasteiger partial charge is 0.466 e. The average Bonchev–Trinajstić information content (AvgIpc) is 3.18. The number of hydroxylamine groups is 2. The van der Waals surface area contributed by atoms with Crippen molar-refractivity contribution in [2.24, 2.45) is 11.1 Å². The lowest BCUT2D eigenvalue weighted by Gasteiger charge is -2.27. The molecule has 1 aromatic rings. The molecule has 3 rings (SSSR count). The number of nitrogens with two attached hydrogens (primary N) is 1. The van der Waals surface area contributed by atoms with Gasteiger partial charge in [0.05, 0.1) is 19.3 Å². The van der Waals surface area contributed by atoms with Crippen LogP contribution >= 0.6 is 0 Å². The van der Waals surface area contributed by atoms with Crippen LogP contribution in [0.25, 0.3) is 0 Å². The summed E-state index contributed by atoms with van der Waals surface area (Å²) in [6.45, 7) is 7.57. The van der Waals surface area contributed by atoms with E-state index in [-0.39, 0.29) is 45.2 Å². The Bertz CT molecular complexity index is 1160. The van der Waals surface area contributed by atoms with Crippen LogP contribution in [0.4, 0.5) is 4.79 Å². The Morgan fingerprint density at radius 3 is 2.24 bits per heavy atom. The van der Waals surface area contributed by atoms with Crippen LogP contribution in [-0.4, -0.2) is 74.1 Å². The number of benzene rings is 1. The van der Waals surface area contributed by atoms with Gasteiger partial charge in [0.1, 0.15) is 12.6 Å². The van der Waals surface area contributed by atoms with E-state index in [0.29, 0.717) is 32.1 Å². The molecule has 2 aliphatic heterocycles. The van der Waals surface area contributed by atoms with Gasteiger partial charge in [0.25, 0.3) is 0 Å². The van der Waals surface area contributed by atoms with E-state index in [9.17, 15) is 27.6 Å². The van der Waals surface area contributed by atoms with Crippen molar-refractivity contribution in [3.05, 3.63) is 35.9 Å². The van der Waals surface area contributed by atoms with Crippen LogP contribution in [0.2, 0.25) is 0 Å². The topological polar surface area (TPSA) is 172 Å². The fraction of sp³-hybridized carbons (Fsp3) is 0.643. The molecule has 0 aromatic heterocycles. The summed E-state index contributed by atoms with van der Waals surface area (Å²) in [5.74, 6) is -1.41. The quantitative estimate of drug-likeness (QED) is 0.215. The first kappa shape index (κ1) is 35.0. The maximum absolute atomic E-state index is 12.5. The normalized spacial score (nSPS) is 18.2. The van der Waals surface area contributed by atoms with Crippen molar-refractivity contribution < 1.29 is 45.5 Å². The molecule has 2 fully saturated rings. The molecule has 2 atom stereocenters. The Hall–Kier alpha value is -3.23. The molecule has 236 valence electrons. The van der Waals surface area contributed by atoms with Crippen LogP contribution in [0.15, 0.2) is 30.3 Å². The Labute approximate surface area is 247 Å². The number of unbranched alkanes of at least 4 members (excludes halogenated alkanes) is 1. The predicted molar refractivity (Wildman–Crippen MR) is 151 cm³/mol. The number of fused-ring (bicyclic) bond motifs is 2. The third kappa shape index (κ3) is 11.2. The van der Waals surface area contributed by atoms with E-state index in [1.165, 1.54) is 4.90 Å². The molecule has 13 nitrogen and oxygen atoms in total. The second kappa shape index (κ2) is 16.4. The molecule has 0 radical (unpaired) electrons. The highest BCUT2D eigenvalue weighted by Crippen LogP contribution is 2.31. The highest BCUT2D eigenvalue weighted by Gasteiger charge is 2.49. The summed E-state index contributed by atoms with van der Waals surface area (Å²) in [6.07, 6.45) is 2.29. The van der Waals surface area contributed by atoms with Gasteiger partial charge in [-0.3, -0.25) is 14.4 Å². The number of nitrogens with zero attached hydrogens (tertiary/aromatic N) is 2. The second-order valence-electron chi connectivity index (χ2n) is 10.6. The fourth-order valence-corrected chi connectivity index (χ4v) is 5.20. The number of amides is 3. The number of piperidine rings is 1. The number of hydrogen-bond donors (Lipinski definition) is 1. The average molecular weight is 614 g/mol. The molecule has 3 amide bonds. The van der Waals surface area contributed by atoms with E-state index in [1.54, 1.807) is 13.8 Å². The van der Waals surface area contributed by atoms with Crippen molar-refractivity contribution in [1.82, 2.24) is 9.96 Å². The first-order chi connectivity index (χ1) is 19.9. The van der Waals surface area contributed by atoms with E-state index in [1.807, 2.05) is 44.2 Å². The SMILES string of the molecule is CC.CC(C)(CCOC(=O)CCCCC(=O)OCc1ccccc1)COS(=O)(=O)ON1C(=O)N2C[C@H]1CC[C@H]2C(N)=O. The monoisotopic (exact) mass is 613 g/mol. The third-order valence-corrected chi connectivity index (χ3v) is 7.46. The molecule has 2 aliphatic rings. The number of rotatable bonds is 16. The molecule has 1 aromatic carbocycles. The fourth-order valence-electron chi connectivity index (χ4n) is 4.31. The number of ether oxygens (including phenoxy) is 2. The van der Waals surface area contributed by atoms with Crippen molar-refractivity contribution in [2.75, 3.05) is 19.8 Å². The smallest absolute Gasteiger partial charge is 0.421 e. The lowest BCUT2D eigenvalue weighted by molar-refractivity contribution is -0.147. The van der Waals surface area contributed by atoms with E-state index in [0.717, 1.165) is 10.6 Å². The Balaban J connectivity index is 0.00000301. The van der Waals surface area contributed by atoms with Gasteiger partial charge >= 0.3 is 28.4 Å². The van der Waals surface area contributed by atoms with Gasteiger partial charge in [-0.05, 0) is 43.1 Å². The molecule has 0 spiro atoms. The summed E-state index contributed by atoms with van der Waals surface area (Å²) in [5.41, 5.74) is 5.52. The zero-order chi connectivity index (χ0) is 31.3. The van der Waals surface area contributed by atoms with Gasteiger partial charge < -0.3 is 20.1 Å². The number of hydrogen-bond acceptors (Lipinski definition) is 10. The minimum Gasteiger partial charge on any atom is -0.466 e. The van der Waals surface area contributed by atoms with Crippen LogP contribution in [0.3, 0.4) is 0 Å². The highest BCUT2D eigenvalue weighted by molar-refractivity contribution is 7.81. The van der Waals surface area contributed by atoms with Crippen LogP contribution in [-0.2, 0) is 49.3 Å². The summed E-state index contributed by atoms with van der Waals surface area (Å²) >= 11 is 0. The van der Waals surface area contributed by atoms with Gasteiger partial charge in [-0.2, -0.15) is 13.5 Å². The summed E-state index contributed by atoms with van der Waals surface area (Å²) in [6, 6.07) is 7.25. The van der Waals surface area contributed by atoms with Gasteiger partial charge in [0, 0.05) is 19.4 Å². The van der Waals surface area contributed by atoms with E-state index in [2.05, 4.69) is 0 Å². The lowest BCUT2D eigenvalue weighted by Crippen LogP contribution is -2.47. The van der Waals surface area contributed by atoms with Gasteiger partial charge in [-0.25, -0.2) is 8.98 Å². The van der Waals surface area contributed by atoms with Crippen LogP contribution in [0.5, 0.6) is 0 Å². The molecule has 2 bridgehead atoms. The molecule has 14 heteroatoms. The van der Waals surface area contributed by atoms with Gasteiger partial charge in [-0.15, -0.1) is 4.28 Å². The maximum Gasteiger partial charge on any atom is 0.421 e. The molecule has 0 saturated carbocycles. The molecule has 2 heterocycles. The zero-order valence-electron chi connectivity index (χ0n) is 24.8. The summed E-state index contributed by atoms with van der Waals surface area (Å²) in [5, 5.41) is 0.718. The van der Waals surface area contributed by atoms with Gasteiger partial charge in [0.15, 0.2) is 0 Å². The number of primary amides is 1. The minimum absolute atomic E-state index is 0.0470. The third-order valence-electron chi connectivity index (χ3n) is 6.71. The van der Waals surface area contributed by atoms with Gasteiger partial charge in [0.2, 0.25) is 5.91 Å². The molecule has 2 saturated heterocycles. The minimum atomic E-state index is -4.57. The van der Waals surface area contributed by atoms with Crippen molar-refractivity contribution in [3.8, 4) is 0 Å². The number of carbonyl (C=O) groups excluding carboxylic acids is 4. The van der Waals surface area contributed by atoms with Crippen LogP contribution < -0.4 is 5.73 Å². The van der Waals surface area contributed by atoms with Crippen molar-refractivity contribution >= 4 is 34.3 Å². The maximum atomic E-state index is 12.5. The molecular weight excluding hydrogens is 570 g/mol. The standard InChI is InChI=1S/C26H37N3O10S.C2H6/c1-26(2,14-15-36-22(30)10-6-7-11-23(31)37-17-19-8-4-3-5-9-19)18-38-40(34,35)39-29-20-12-13-21(24(27)32)28(16-20)25(29)33;1-2/h3-5,8-9,20-21H,6-7,10-18H2,1-2H3,(H2,27,32);1-2H3/t20-,21+;/m1./s1. The lowest BCUT2D eigenvalue weighted by atomic mass is 9.91. The zero-order valence-corrected chi connectivity index (χ0v) is 25.6. The first-order valence-electron chi connectivity index (χ1n) is 14.2. The number of urea groups is 1. The van der Waals surface area contributed by atoms with E-state index >= 15 is 0 Å². The van der Waals surface area contributed by atoms with Crippen LogP contribution in [0.1, 0.15) is 78.2 Å². The molecule has 2 N–H and O–H groups in total. The summed E-state index contributed by atoms with van der Waals surface area (Å²) in [4.78, 5) is 49.1. The van der Waals surface area contributed by atoms with Crippen LogP contribution in [0, 0.1) is 5.41 Å². The second-order valence-corrected chi connectivity index (χ2v) is 11.8. The van der Waals surface area contributed by atoms with E-state index in [4.69, 9.17) is 23.7 Å². The predicted octanol–water partition coefficient (Wildman–Crippen LogP) is 3.22. The number of carbonyl (C=O) groups is 4. The van der Waals surface area contributed by atoms with Gasteiger partial charge in [-0.1, -0.05) is 58.0 Å². The highest BCUT2D eigenvalue weighted by atomic mass is 32.3.